The number of aromatic nitrogens is 3. The van der Waals surface area contributed by atoms with Gasteiger partial charge in [0.15, 0.2) is 5.65 Å². The number of halogens is 3. The molecule has 1 unspecified atom stereocenters. The maximum absolute atomic E-state index is 13.0. The number of alkyl halides is 3. The molecule has 4 aromatic rings. The van der Waals surface area contributed by atoms with Crippen molar-refractivity contribution in [2.45, 2.75) is 24.3 Å². The van der Waals surface area contributed by atoms with Crippen LogP contribution in [0, 0.1) is 0 Å². The lowest BCUT2D eigenvalue weighted by molar-refractivity contribution is -0.137. The van der Waals surface area contributed by atoms with Gasteiger partial charge in [0.1, 0.15) is 5.75 Å². The van der Waals surface area contributed by atoms with Crippen LogP contribution in [0.1, 0.15) is 24.1 Å². The molecule has 2 heterocycles. The summed E-state index contributed by atoms with van der Waals surface area (Å²) in [5.74, 6) is -1.79. The summed E-state index contributed by atoms with van der Waals surface area (Å²) in [6, 6.07) is 14.6. The lowest BCUT2D eigenvalue weighted by Crippen LogP contribution is -2.33. The minimum Gasteiger partial charge on any atom is -0.349 e. The molecule has 7 nitrogen and oxygen atoms in total. The number of fused-ring (bicyclic) bond motifs is 2. The van der Waals surface area contributed by atoms with Crippen molar-refractivity contribution in [2.75, 3.05) is 5.75 Å². The summed E-state index contributed by atoms with van der Waals surface area (Å²) in [5.41, 5.74) is -0.366. The van der Waals surface area contributed by atoms with Crippen molar-refractivity contribution < 1.29 is 26.4 Å². The zero-order chi connectivity index (χ0) is 23.1. The number of carbonyl (C=O) groups is 1. The van der Waals surface area contributed by atoms with Crippen LogP contribution in [-0.2, 0) is 20.8 Å². The summed E-state index contributed by atoms with van der Waals surface area (Å²) in [4.78, 5) is 12.4. The van der Waals surface area contributed by atoms with Crippen molar-refractivity contribution in [1.82, 2.24) is 19.9 Å². The Labute approximate surface area is 180 Å². The van der Waals surface area contributed by atoms with Crippen molar-refractivity contribution in [1.29, 1.82) is 0 Å². The third kappa shape index (κ3) is 4.28. The second-order valence-electron chi connectivity index (χ2n) is 7.28. The highest BCUT2D eigenvalue weighted by molar-refractivity contribution is 7.91. The van der Waals surface area contributed by atoms with E-state index in [0.717, 1.165) is 32.9 Å². The summed E-state index contributed by atoms with van der Waals surface area (Å²) in [5, 5.41) is 10.9. The molecule has 166 valence electrons. The number of hydrogen-bond acceptors (Lipinski definition) is 5. The van der Waals surface area contributed by atoms with Gasteiger partial charge in [0.25, 0.3) is 5.16 Å². The highest BCUT2D eigenvalue weighted by Gasteiger charge is 2.32. The average Bonchev–Trinajstić information content (AvgIpc) is 3.16. The van der Waals surface area contributed by atoms with Gasteiger partial charge in [-0.05, 0) is 41.5 Å². The molecule has 0 fully saturated rings. The molecule has 1 amide bonds. The highest BCUT2D eigenvalue weighted by atomic mass is 32.2. The first kappa shape index (κ1) is 21.8. The molecule has 0 spiro atoms. The second kappa shape index (κ2) is 7.90. The number of sulfone groups is 1. The van der Waals surface area contributed by atoms with E-state index in [0.29, 0.717) is 6.20 Å². The maximum Gasteiger partial charge on any atom is 0.417 e. The third-order valence-electron chi connectivity index (χ3n) is 4.95. The summed E-state index contributed by atoms with van der Waals surface area (Å²) < 4.78 is 65.1. The minimum absolute atomic E-state index is 0.0819. The van der Waals surface area contributed by atoms with Crippen LogP contribution < -0.4 is 5.32 Å². The Morgan fingerprint density at radius 1 is 1.06 bits per heavy atom. The molecule has 11 heteroatoms. The van der Waals surface area contributed by atoms with Crippen LogP contribution in [0.5, 0.6) is 0 Å². The van der Waals surface area contributed by atoms with Crippen LogP contribution in [0.4, 0.5) is 13.2 Å². The van der Waals surface area contributed by atoms with Gasteiger partial charge < -0.3 is 5.32 Å². The molecule has 0 saturated carbocycles. The van der Waals surface area contributed by atoms with E-state index < -0.39 is 44.4 Å². The highest BCUT2D eigenvalue weighted by Crippen LogP contribution is 2.29. The predicted octanol–water partition coefficient (Wildman–Crippen LogP) is 3.55. The number of benzene rings is 2. The van der Waals surface area contributed by atoms with Crippen LogP contribution >= 0.6 is 0 Å². The lowest BCUT2D eigenvalue weighted by atomic mass is 10.0. The van der Waals surface area contributed by atoms with Gasteiger partial charge in [0.05, 0.1) is 11.6 Å². The summed E-state index contributed by atoms with van der Waals surface area (Å²) in [7, 11) is -4.36. The van der Waals surface area contributed by atoms with E-state index in [1.165, 1.54) is 0 Å². The van der Waals surface area contributed by atoms with Gasteiger partial charge in [-0.25, -0.2) is 8.42 Å². The van der Waals surface area contributed by atoms with E-state index in [4.69, 9.17) is 0 Å². The molecule has 0 aliphatic carbocycles. The van der Waals surface area contributed by atoms with Crippen LogP contribution in [0.2, 0.25) is 0 Å². The number of amides is 1. The summed E-state index contributed by atoms with van der Waals surface area (Å²) >= 11 is 0. The fourth-order valence-electron chi connectivity index (χ4n) is 3.33. The Hall–Kier alpha value is -3.47. The maximum atomic E-state index is 13.0. The molecule has 4 rings (SSSR count). The van der Waals surface area contributed by atoms with Crippen LogP contribution in [0.25, 0.3) is 16.4 Å². The van der Waals surface area contributed by atoms with Crippen LogP contribution in [0.3, 0.4) is 0 Å². The Bertz CT molecular complexity index is 1430. The monoisotopic (exact) mass is 462 g/mol. The van der Waals surface area contributed by atoms with E-state index in [1.54, 1.807) is 6.92 Å². The first-order valence-electron chi connectivity index (χ1n) is 9.47. The number of pyridine rings is 1. The molecular weight excluding hydrogens is 445 g/mol. The van der Waals surface area contributed by atoms with Gasteiger partial charge in [0.2, 0.25) is 15.7 Å². The van der Waals surface area contributed by atoms with E-state index in [-0.39, 0.29) is 5.65 Å². The molecule has 0 radical (unpaired) electrons. The molecular formula is C21H17F3N4O3S. The largest absolute Gasteiger partial charge is 0.417 e. The number of carbonyl (C=O) groups excluding carboxylic acids is 1. The third-order valence-corrected chi connectivity index (χ3v) is 6.43. The van der Waals surface area contributed by atoms with Gasteiger partial charge in [-0.3, -0.25) is 9.20 Å². The Morgan fingerprint density at radius 2 is 1.78 bits per heavy atom. The molecule has 2 aromatic heterocycles. The topological polar surface area (TPSA) is 93.4 Å². The summed E-state index contributed by atoms with van der Waals surface area (Å²) in [6.07, 6.45) is -4.08. The standard InChI is InChI=1S/C21H17F3N4O3S/c1-13(15-7-6-14-4-2-3-5-16(14)10-15)25-19(29)12-32(30,31)20-27-26-18-9-8-17(11-28(18)20)21(22,23)24/h2-11,13H,12H2,1H3,(H,25,29). The van der Waals surface area contributed by atoms with Gasteiger partial charge in [0, 0.05) is 6.20 Å². The predicted molar refractivity (Wildman–Crippen MR) is 111 cm³/mol. The first-order valence-corrected chi connectivity index (χ1v) is 11.1. The van der Waals surface area contributed by atoms with Crippen LogP contribution in [0.15, 0.2) is 66.0 Å². The number of nitrogens with zero attached hydrogens (tertiary/aromatic N) is 3. The number of hydrogen-bond donors (Lipinski definition) is 1. The van der Waals surface area contributed by atoms with E-state index in [2.05, 4.69) is 15.5 Å². The smallest absolute Gasteiger partial charge is 0.349 e. The van der Waals surface area contributed by atoms with E-state index in [1.807, 2.05) is 42.5 Å². The molecule has 32 heavy (non-hydrogen) atoms. The van der Waals surface area contributed by atoms with Gasteiger partial charge >= 0.3 is 6.18 Å². The van der Waals surface area contributed by atoms with E-state index >= 15 is 0 Å². The average molecular weight is 462 g/mol. The van der Waals surface area contributed by atoms with Crippen molar-refractivity contribution in [3.63, 3.8) is 0 Å². The van der Waals surface area contributed by atoms with Gasteiger partial charge in [-0.2, -0.15) is 13.2 Å². The fourth-order valence-corrected chi connectivity index (χ4v) is 4.50. The van der Waals surface area contributed by atoms with Crippen molar-refractivity contribution in [2.24, 2.45) is 0 Å². The molecule has 1 N–H and O–H groups in total. The quantitative estimate of drug-likeness (QED) is 0.490. The van der Waals surface area contributed by atoms with Crippen molar-refractivity contribution >= 4 is 32.2 Å². The SMILES string of the molecule is CC(NC(=O)CS(=O)(=O)c1nnc2ccc(C(F)(F)F)cn12)c1ccc2ccccc2c1. The van der Waals surface area contributed by atoms with Crippen molar-refractivity contribution in [3.8, 4) is 0 Å². The van der Waals surface area contributed by atoms with E-state index in [9.17, 15) is 26.4 Å². The number of rotatable bonds is 5. The zero-order valence-corrected chi connectivity index (χ0v) is 17.5. The van der Waals surface area contributed by atoms with Crippen molar-refractivity contribution in [3.05, 3.63) is 71.9 Å². The molecule has 0 saturated heterocycles. The molecule has 0 aliphatic rings. The molecule has 0 bridgehead atoms. The molecule has 0 aliphatic heterocycles. The first-order chi connectivity index (χ1) is 15.0. The Balaban J connectivity index is 1.54. The number of nitrogens with one attached hydrogen (secondary N) is 1. The zero-order valence-electron chi connectivity index (χ0n) is 16.7. The van der Waals surface area contributed by atoms with Gasteiger partial charge in [-0.15, -0.1) is 10.2 Å². The van der Waals surface area contributed by atoms with Crippen LogP contribution in [-0.4, -0.2) is 34.7 Å². The fraction of sp³-hybridized carbons (Fsp3) is 0.190. The second-order valence-corrected chi connectivity index (χ2v) is 9.16. The summed E-state index contributed by atoms with van der Waals surface area (Å²) in [6.45, 7) is 1.71. The minimum atomic E-state index is -4.67. The Morgan fingerprint density at radius 3 is 2.50 bits per heavy atom. The molecule has 1 atom stereocenters. The van der Waals surface area contributed by atoms with Gasteiger partial charge in [-0.1, -0.05) is 36.4 Å². The normalized spacial score (nSPS) is 13.4. The Kier molecular flexibility index (Phi) is 5.37. The lowest BCUT2D eigenvalue weighted by Gasteiger charge is -2.15. The molecule has 2 aromatic carbocycles.